The van der Waals surface area contributed by atoms with Crippen molar-refractivity contribution in [2.75, 3.05) is 60.8 Å². The number of amides is 4. The fraction of sp³-hybridized carbons (Fsp3) is 0.292. The third kappa shape index (κ3) is 11.3. The van der Waals surface area contributed by atoms with Crippen molar-refractivity contribution in [3.05, 3.63) is 121 Å². The summed E-state index contributed by atoms with van der Waals surface area (Å²) in [5, 5.41) is 9.42. The molecule has 0 unspecified atom stereocenters. The number of aromatic nitrogens is 2. The molecule has 20 heteroatoms. The third-order valence-corrected chi connectivity index (χ3v) is 14.0. The molecule has 4 amide bonds. The standard InChI is InChI=1S/C21H20N4O3S.C15H22BNO3.C12H10BrN3O2S/c1-12-3-5-14(19(22)26)15(9-12)23-20(27)16-11-29-21(24-16)13-4-6-17-18(10-13)28-8-7-25(17)2;1-14(2)15(3,4)20-16(19-14)11-6-7-12-13(10-11)18-9-8-17(12)5;1-6-2-3-7(10(14)17)8(4-6)15-11(18)9-5-19-12(13)16-9/h3-6,9-11H,7-8H2,1-2H3,(H2,22,26)(H,23,27);6-7,10H,8-9H2,1-5H3;2-5H,1H3,(H2,14,17)(H,15,18). The predicted molar refractivity (Wildman–Crippen MR) is 272 cm³/mol. The average molecular weight is 1020 g/mol. The fourth-order valence-corrected chi connectivity index (χ4v) is 8.97. The van der Waals surface area contributed by atoms with Crippen LogP contribution in [-0.2, 0) is 9.31 Å². The second kappa shape index (κ2) is 20.5. The topological polar surface area (TPSA) is 214 Å². The van der Waals surface area contributed by atoms with Crippen molar-refractivity contribution >= 4 is 97.6 Å². The van der Waals surface area contributed by atoms with Crippen LogP contribution in [0.4, 0.5) is 22.7 Å². The second-order valence-corrected chi connectivity index (χ2v) is 20.3. The lowest BCUT2D eigenvalue weighted by Gasteiger charge is -2.32. The van der Waals surface area contributed by atoms with Crippen LogP contribution in [0.5, 0.6) is 11.5 Å². The zero-order valence-corrected chi connectivity index (χ0v) is 42.1. The summed E-state index contributed by atoms with van der Waals surface area (Å²) in [4.78, 5) is 60.4. The van der Waals surface area contributed by atoms with Crippen molar-refractivity contribution in [1.82, 2.24) is 9.97 Å². The molecule has 2 aromatic heterocycles. The van der Waals surface area contributed by atoms with E-state index in [9.17, 15) is 19.2 Å². The number of aryl methyl sites for hydroxylation is 2. The van der Waals surface area contributed by atoms with Gasteiger partial charge < -0.3 is 50.7 Å². The molecule has 0 saturated carbocycles. The van der Waals surface area contributed by atoms with Crippen LogP contribution in [0.1, 0.15) is 80.5 Å². The first-order valence-electron chi connectivity index (χ1n) is 21.5. The Hall–Kier alpha value is -6.32. The van der Waals surface area contributed by atoms with Gasteiger partial charge in [-0.3, -0.25) is 19.2 Å². The first-order chi connectivity index (χ1) is 32.2. The van der Waals surface area contributed by atoms with Crippen LogP contribution in [0, 0.1) is 13.8 Å². The van der Waals surface area contributed by atoms with E-state index in [1.54, 1.807) is 47.2 Å². The number of hydrogen-bond donors (Lipinski definition) is 4. The molecule has 0 bridgehead atoms. The molecule has 68 heavy (non-hydrogen) atoms. The van der Waals surface area contributed by atoms with Gasteiger partial charge >= 0.3 is 7.12 Å². The monoisotopic (exact) mass is 1020 g/mol. The number of thiazole rings is 2. The largest absolute Gasteiger partial charge is 0.494 e. The molecule has 3 aliphatic heterocycles. The molecule has 1 saturated heterocycles. The summed E-state index contributed by atoms with van der Waals surface area (Å²) in [7, 11) is 3.77. The number of benzene rings is 4. The van der Waals surface area contributed by atoms with E-state index >= 15 is 0 Å². The van der Waals surface area contributed by atoms with Crippen molar-refractivity contribution in [2.45, 2.75) is 52.7 Å². The molecule has 0 atom stereocenters. The molecule has 1 fully saturated rings. The number of likely N-dealkylation sites (N-methyl/N-ethyl adjacent to an activating group) is 2. The lowest BCUT2D eigenvalue weighted by Crippen LogP contribution is -2.41. The molecule has 5 heterocycles. The Morgan fingerprint density at radius 1 is 0.676 bits per heavy atom. The summed E-state index contributed by atoms with van der Waals surface area (Å²) >= 11 is 5.87. The van der Waals surface area contributed by atoms with E-state index in [1.165, 1.54) is 22.7 Å². The van der Waals surface area contributed by atoms with Crippen LogP contribution in [0.15, 0.2) is 87.5 Å². The molecule has 16 nitrogen and oxygen atoms in total. The fourth-order valence-electron chi connectivity index (χ4n) is 7.18. The van der Waals surface area contributed by atoms with Gasteiger partial charge in [-0.25, -0.2) is 9.97 Å². The van der Waals surface area contributed by atoms with E-state index in [4.69, 9.17) is 30.2 Å². The van der Waals surface area contributed by atoms with Crippen molar-refractivity contribution < 1.29 is 38.0 Å². The maximum atomic E-state index is 12.7. The Bertz CT molecular complexity index is 2870. The van der Waals surface area contributed by atoms with E-state index in [1.807, 2.05) is 45.2 Å². The molecule has 4 aromatic carbocycles. The van der Waals surface area contributed by atoms with Crippen LogP contribution >= 0.6 is 38.6 Å². The number of nitrogens with two attached hydrogens (primary N) is 2. The number of hydrogen-bond acceptors (Lipinski definition) is 14. The summed E-state index contributed by atoms with van der Waals surface area (Å²) < 4.78 is 24.3. The van der Waals surface area contributed by atoms with Gasteiger partial charge in [0.15, 0.2) is 3.92 Å². The first-order valence-corrected chi connectivity index (χ1v) is 24.1. The molecular formula is C48H52BBrN8O8S2. The van der Waals surface area contributed by atoms with E-state index < -0.39 is 17.7 Å². The number of fused-ring (bicyclic) bond motifs is 2. The molecule has 0 radical (unpaired) electrons. The van der Waals surface area contributed by atoms with Crippen LogP contribution in [0.25, 0.3) is 10.6 Å². The van der Waals surface area contributed by atoms with Gasteiger partial charge in [0.05, 0.1) is 58.2 Å². The highest BCUT2D eigenvalue weighted by molar-refractivity contribution is 9.11. The van der Waals surface area contributed by atoms with Gasteiger partial charge in [0, 0.05) is 30.4 Å². The minimum Gasteiger partial charge on any atom is -0.490 e. The number of carbonyl (C=O) groups excluding carboxylic acids is 4. The van der Waals surface area contributed by atoms with E-state index in [0.717, 1.165) is 64.7 Å². The maximum absolute atomic E-state index is 12.7. The van der Waals surface area contributed by atoms with Crippen LogP contribution in [0.2, 0.25) is 0 Å². The number of rotatable bonds is 8. The van der Waals surface area contributed by atoms with Crippen LogP contribution in [0.3, 0.4) is 0 Å². The Balaban J connectivity index is 0.000000156. The molecular weight excluding hydrogens is 971 g/mol. The van der Waals surface area contributed by atoms with Crippen molar-refractivity contribution in [1.29, 1.82) is 0 Å². The predicted octanol–water partition coefficient (Wildman–Crippen LogP) is 7.68. The van der Waals surface area contributed by atoms with Gasteiger partial charge in [-0.15, -0.1) is 22.7 Å². The van der Waals surface area contributed by atoms with Gasteiger partial charge in [-0.1, -0.05) is 18.2 Å². The summed E-state index contributed by atoms with van der Waals surface area (Å²) in [5.41, 5.74) is 17.8. The van der Waals surface area contributed by atoms with Gasteiger partial charge in [0.25, 0.3) is 23.6 Å². The molecule has 354 valence electrons. The Morgan fingerprint density at radius 3 is 1.66 bits per heavy atom. The summed E-state index contributed by atoms with van der Waals surface area (Å²) in [6.07, 6.45) is 0. The minimum atomic E-state index is -0.599. The Morgan fingerprint density at radius 2 is 1.16 bits per heavy atom. The Kier molecular flexibility index (Phi) is 15.0. The van der Waals surface area contributed by atoms with E-state index in [0.29, 0.717) is 26.9 Å². The van der Waals surface area contributed by atoms with Crippen molar-refractivity contribution in [2.24, 2.45) is 11.5 Å². The normalized spacial score (nSPS) is 15.2. The minimum absolute atomic E-state index is 0.260. The molecule has 6 N–H and O–H groups in total. The molecule has 0 spiro atoms. The number of anilines is 4. The van der Waals surface area contributed by atoms with Gasteiger partial charge in [0.2, 0.25) is 0 Å². The van der Waals surface area contributed by atoms with E-state index in [-0.39, 0.29) is 46.7 Å². The summed E-state index contributed by atoms with van der Waals surface area (Å²) in [6.45, 7) is 15.1. The zero-order chi connectivity index (χ0) is 49.1. The number of primary amides is 2. The smallest absolute Gasteiger partial charge is 0.490 e. The SMILES string of the molecule is CN1CCOc2cc(B3OC(C)(C)C(C)(C)O3)ccc21.Cc1ccc(C(N)=O)c(NC(=O)c2csc(-c3ccc4c(c3)OCCN4C)n2)c1.Cc1ccc(C(N)=O)c(NC(=O)c2csc(Br)n2)c1. The summed E-state index contributed by atoms with van der Waals surface area (Å²) in [6, 6.07) is 22.2. The molecule has 9 rings (SSSR count). The quantitative estimate of drug-likeness (QED) is 0.108. The molecule has 0 aliphatic carbocycles. The Labute approximate surface area is 411 Å². The summed E-state index contributed by atoms with van der Waals surface area (Å²) in [5.74, 6) is -0.244. The highest BCUT2D eigenvalue weighted by Crippen LogP contribution is 2.38. The highest BCUT2D eigenvalue weighted by Gasteiger charge is 2.52. The zero-order valence-electron chi connectivity index (χ0n) is 38.9. The van der Waals surface area contributed by atoms with Gasteiger partial charge in [-0.2, -0.15) is 0 Å². The van der Waals surface area contributed by atoms with Gasteiger partial charge in [0.1, 0.15) is 41.1 Å². The maximum Gasteiger partial charge on any atom is 0.494 e. The molecule has 6 aromatic rings. The van der Waals surface area contributed by atoms with Crippen molar-refractivity contribution in [3.63, 3.8) is 0 Å². The lowest BCUT2D eigenvalue weighted by atomic mass is 9.79. The van der Waals surface area contributed by atoms with Gasteiger partial charge in [-0.05, 0) is 129 Å². The van der Waals surface area contributed by atoms with E-state index in [2.05, 4.69) is 93.2 Å². The lowest BCUT2D eigenvalue weighted by molar-refractivity contribution is 0.00578. The number of ether oxygens (including phenoxy) is 2. The number of halogens is 1. The average Bonchev–Trinajstić information content (AvgIpc) is 4.01. The highest BCUT2D eigenvalue weighted by atomic mass is 79.9. The number of carbonyl (C=O) groups is 4. The van der Waals surface area contributed by atoms with Crippen LogP contribution < -0.4 is 46.8 Å². The first kappa shape index (κ1) is 49.6. The molecule has 3 aliphatic rings. The van der Waals surface area contributed by atoms with Crippen LogP contribution in [-0.4, -0.2) is 92.3 Å². The second-order valence-electron chi connectivity index (χ2n) is 17.3. The third-order valence-electron chi connectivity index (χ3n) is 11.7. The number of nitrogens with zero attached hydrogens (tertiary/aromatic N) is 4. The number of nitrogens with one attached hydrogen (secondary N) is 2. The van der Waals surface area contributed by atoms with Crippen molar-refractivity contribution in [3.8, 4) is 22.1 Å².